The average Bonchev–Trinajstić information content (AvgIpc) is 2.60. The summed E-state index contributed by atoms with van der Waals surface area (Å²) in [4.78, 5) is 22.8. The van der Waals surface area contributed by atoms with Gasteiger partial charge in [-0.1, -0.05) is 12.1 Å². The molecule has 1 unspecified atom stereocenters. The molecule has 0 bridgehead atoms. The second-order valence-corrected chi connectivity index (χ2v) is 8.52. The Hall–Kier alpha value is -2.74. The number of rotatable bonds is 8. The van der Waals surface area contributed by atoms with Crippen LogP contribution in [0.2, 0.25) is 0 Å². The summed E-state index contributed by atoms with van der Waals surface area (Å²) in [5.74, 6) is -1.94. The van der Waals surface area contributed by atoms with E-state index in [1.807, 2.05) is 0 Å². The number of carbonyl (C=O) groups is 2. The van der Waals surface area contributed by atoms with Gasteiger partial charge < -0.3 is 10.4 Å². The Bertz CT molecular complexity index is 925. The topological polar surface area (TPSA) is 101 Å². The van der Waals surface area contributed by atoms with Crippen molar-refractivity contribution in [3.8, 4) is 0 Å². The van der Waals surface area contributed by atoms with Crippen molar-refractivity contribution in [2.24, 2.45) is 0 Å². The van der Waals surface area contributed by atoms with Crippen LogP contribution in [0.5, 0.6) is 0 Å². The summed E-state index contributed by atoms with van der Waals surface area (Å²) in [6, 6.07) is 11.2. The smallest absolute Gasteiger partial charge is 0.303 e. The van der Waals surface area contributed by atoms with Crippen molar-refractivity contribution in [3.63, 3.8) is 0 Å². The fraction of sp³-hybridized carbons (Fsp3) is 0.263. The number of halogens is 1. The number of carboxylic acids is 1. The summed E-state index contributed by atoms with van der Waals surface area (Å²) in [6.07, 6.45) is 0.0395. The van der Waals surface area contributed by atoms with Crippen molar-refractivity contribution < 1.29 is 27.5 Å². The van der Waals surface area contributed by atoms with Crippen molar-refractivity contribution in [3.05, 3.63) is 59.9 Å². The van der Waals surface area contributed by atoms with Crippen molar-refractivity contribution in [2.45, 2.75) is 36.3 Å². The van der Waals surface area contributed by atoms with Crippen molar-refractivity contribution >= 4 is 27.4 Å². The third kappa shape index (κ3) is 5.89. The highest BCUT2D eigenvalue weighted by atomic mass is 32.2. The minimum atomic E-state index is -3.76. The van der Waals surface area contributed by atoms with Crippen LogP contribution < -0.4 is 5.32 Å². The maximum absolute atomic E-state index is 13.0. The summed E-state index contributed by atoms with van der Waals surface area (Å²) in [5.41, 5.74) is 1.22. The molecular formula is C19H20FNO5S. The van der Waals surface area contributed by atoms with Crippen LogP contribution in [0.25, 0.3) is 0 Å². The van der Waals surface area contributed by atoms with Crippen LogP contribution in [0, 0.1) is 5.82 Å². The summed E-state index contributed by atoms with van der Waals surface area (Å²) in [7, 11) is -3.76. The van der Waals surface area contributed by atoms with E-state index in [4.69, 9.17) is 5.11 Å². The Morgan fingerprint density at radius 1 is 1.15 bits per heavy atom. The molecule has 2 N–H and O–H groups in total. The minimum absolute atomic E-state index is 0.0235. The molecule has 0 spiro atoms. The Morgan fingerprint density at radius 2 is 1.81 bits per heavy atom. The molecule has 0 saturated heterocycles. The van der Waals surface area contributed by atoms with Crippen LogP contribution in [0.15, 0.2) is 53.4 Å². The molecule has 1 atom stereocenters. The zero-order chi connectivity index (χ0) is 20.0. The molecule has 27 heavy (non-hydrogen) atoms. The first-order chi connectivity index (χ1) is 12.7. The summed E-state index contributed by atoms with van der Waals surface area (Å²) in [6.45, 7) is 1.42. The van der Waals surface area contributed by atoms with Crippen LogP contribution in [-0.2, 0) is 25.8 Å². The molecule has 144 valence electrons. The number of carboxylic acid groups (broad SMARTS) is 1. The highest BCUT2D eigenvalue weighted by Gasteiger charge is 2.25. The number of hydrogen-bond acceptors (Lipinski definition) is 4. The minimum Gasteiger partial charge on any atom is -0.481 e. The molecule has 0 fully saturated rings. The van der Waals surface area contributed by atoms with E-state index in [-0.39, 0.29) is 17.7 Å². The first-order valence-electron chi connectivity index (χ1n) is 8.28. The number of amides is 1. The lowest BCUT2D eigenvalue weighted by Gasteiger charge is -2.13. The molecule has 2 aromatic rings. The maximum atomic E-state index is 13.0. The molecule has 0 aliphatic rings. The maximum Gasteiger partial charge on any atom is 0.303 e. The predicted molar refractivity (Wildman–Crippen MR) is 98.7 cm³/mol. The number of hydrogen-bond donors (Lipinski definition) is 2. The van der Waals surface area contributed by atoms with Gasteiger partial charge in [-0.15, -0.1) is 0 Å². The van der Waals surface area contributed by atoms with E-state index >= 15 is 0 Å². The Labute approximate surface area is 157 Å². The first kappa shape index (κ1) is 20.6. The Kier molecular flexibility index (Phi) is 6.68. The van der Waals surface area contributed by atoms with Crippen LogP contribution in [-0.4, -0.2) is 30.7 Å². The van der Waals surface area contributed by atoms with E-state index in [0.717, 1.165) is 17.7 Å². The average molecular weight is 393 g/mol. The van der Waals surface area contributed by atoms with Gasteiger partial charge in [0, 0.05) is 18.5 Å². The predicted octanol–water partition coefficient (Wildman–Crippen LogP) is 3.03. The lowest BCUT2D eigenvalue weighted by atomic mass is 10.1. The van der Waals surface area contributed by atoms with Gasteiger partial charge in [0.2, 0.25) is 5.91 Å². The molecule has 0 aromatic heterocycles. The van der Waals surface area contributed by atoms with Crippen molar-refractivity contribution in [1.82, 2.24) is 0 Å². The van der Waals surface area contributed by atoms with Gasteiger partial charge in [0.1, 0.15) is 5.82 Å². The lowest BCUT2D eigenvalue weighted by Crippen LogP contribution is -2.25. The lowest BCUT2D eigenvalue weighted by molar-refractivity contribution is -0.137. The van der Waals surface area contributed by atoms with Crippen LogP contribution in [0.1, 0.15) is 25.3 Å². The molecule has 6 nitrogen and oxygen atoms in total. The fourth-order valence-corrected chi connectivity index (χ4v) is 3.85. The highest BCUT2D eigenvalue weighted by Crippen LogP contribution is 2.20. The first-order valence-corrected chi connectivity index (χ1v) is 9.83. The van der Waals surface area contributed by atoms with E-state index in [2.05, 4.69) is 5.32 Å². The number of nitrogens with one attached hydrogen (secondary N) is 1. The molecule has 0 aliphatic carbocycles. The number of benzene rings is 2. The fourth-order valence-electron chi connectivity index (χ4n) is 2.50. The monoisotopic (exact) mass is 393 g/mol. The Balaban J connectivity index is 2.01. The van der Waals surface area contributed by atoms with E-state index in [0.29, 0.717) is 12.1 Å². The molecule has 0 heterocycles. The van der Waals surface area contributed by atoms with E-state index in [1.165, 1.54) is 19.1 Å². The second kappa shape index (κ2) is 8.77. The van der Waals surface area contributed by atoms with Gasteiger partial charge in [0.05, 0.1) is 10.1 Å². The third-order valence-electron chi connectivity index (χ3n) is 3.98. The molecular weight excluding hydrogens is 373 g/mol. The molecule has 2 rings (SSSR count). The molecule has 0 saturated carbocycles. The second-order valence-electron chi connectivity index (χ2n) is 6.16. The van der Waals surface area contributed by atoms with Crippen molar-refractivity contribution in [1.29, 1.82) is 0 Å². The van der Waals surface area contributed by atoms with Gasteiger partial charge in [0.25, 0.3) is 0 Å². The Morgan fingerprint density at radius 3 is 2.44 bits per heavy atom. The van der Waals surface area contributed by atoms with Gasteiger partial charge in [0.15, 0.2) is 9.84 Å². The molecule has 1 amide bonds. The molecule has 0 radical (unpaired) electrons. The molecule has 8 heteroatoms. The molecule has 2 aromatic carbocycles. The van der Waals surface area contributed by atoms with Crippen LogP contribution >= 0.6 is 0 Å². The normalized spacial score (nSPS) is 12.4. The van der Waals surface area contributed by atoms with Gasteiger partial charge in [-0.3, -0.25) is 9.59 Å². The third-order valence-corrected chi connectivity index (χ3v) is 6.14. The SMILES string of the molecule is CC(CC(=O)Nc1cccc(CCC(=O)O)c1)S(=O)(=O)c1ccc(F)cc1. The van der Waals surface area contributed by atoms with E-state index in [1.54, 1.807) is 24.3 Å². The summed E-state index contributed by atoms with van der Waals surface area (Å²) in [5, 5.41) is 10.4. The number of aryl methyl sites for hydroxylation is 1. The summed E-state index contributed by atoms with van der Waals surface area (Å²) < 4.78 is 37.9. The van der Waals surface area contributed by atoms with E-state index in [9.17, 15) is 22.4 Å². The van der Waals surface area contributed by atoms with Gasteiger partial charge >= 0.3 is 5.97 Å². The van der Waals surface area contributed by atoms with E-state index < -0.39 is 32.8 Å². The van der Waals surface area contributed by atoms with Crippen molar-refractivity contribution in [2.75, 3.05) is 5.32 Å². The number of aliphatic carboxylic acids is 1. The number of carbonyl (C=O) groups excluding carboxylic acids is 1. The number of sulfone groups is 1. The van der Waals surface area contributed by atoms with Crippen LogP contribution in [0.4, 0.5) is 10.1 Å². The van der Waals surface area contributed by atoms with Gasteiger partial charge in [-0.25, -0.2) is 12.8 Å². The van der Waals surface area contributed by atoms with Gasteiger partial charge in [-0.05, 0) is 55.3 Å². The van der Waals surface area contributed by atoms with Crippen LogP contribution in [0.3, 0.4) is 0 Å². The number of anilines is 1. The zero-order valence-corrected chi connectivity index (χ0v) is 15.5. The zero-order valence-electron chi connectivity index (χ0n) is 14.7. The quantitative estimate of drug-likeness (QED) is 0.672. The molecule has 0 aliphatic heterocycles. The summed E-state index contributed by atoms with van der Waals surface area (Å²) >= 11 is 0. The highest BCUT2D eigenvalue weighted by molar-refractivity contribution is 7.92. The largest absolute Gasteiger partial charge is 0.481 e. The van der Waals surface area contributed by atoms with Gasteiger partial charge in [-0.2, -0.15) is 0 Å². The standard InChI is InChI=1S/C19H20FNO5S/c1-13(27(25,26)17-8-6-15(20)7-9-17)11-18(22)21-16-4-2-3-14(12-16)5-10-19(23)24/h2-4,6-9,12-13H,5,10-11H2,1H3,(H,21,22)(H,23,24).